The van der Waals surface area contributed by atoms with Crippen LogP contribution in [0.2, 0.25) is 0 Å². The van der Waals surface area contributed by atoms with Gasteiger partial charge in [-0.1, -0.05) is 24.3 Å². The first-order valence-electron chi connectivity index (χ1n) is 8.80. The lowest BCUT2D eigenvalue weighted by molar-refractivity contribution is -0.119. The minimum Gasteiger partial charge on any atom is -0.378 e. The van der Waals surface area contributed by atoms with Crippen LogP contribution in [0.25, 0.3) is 0 Å². The summed E-state index contributed by atoms with van der Waals surface area (Å²) in [7, 11) is 0. The normalized spacial score (nSPS) is 16.7. The third kappa shape index (κ3) is 3.31. The van der Waals surface area contributed by atoms with Crippen molar-refractivity contribution in [1.82, 2.24) is 14.8 Å². The Bertz CT molecular complexity index is 889. The number of benzene rings is 2. The van der Waals surface area contributed by atoms with Crippen molar-refractivity contribution < 1.29 is 4.79 Å². The van der Waals surface area contributed by atoms with Crippen LogP contribution in [0.3, 0.4) is 0 Å². The van der Waals surface area contributed by atoms with Crippen LogP contribution in [0.5, 0.6) is 0 Å². The quantitative estimate of drug-likeness (QED) is 0.740. The predicted octanol–water partition coefficient (Wildman–Crippen LogP) is 3.58. The van der Waals surface area contributed by atoms with Crippen molar-refractivity contribution in [2.75, 3.05) is 10.6 Å². The number of nitrogens with zero attached hydrogens (tertiary/aromatic N) is 3. The Morgan fingerprint density at radius 3 is 2.69 bits per heavy atom. The summed E-state index contributed by atoms with van der Waals surface area (Å²) in [6, 6.07) is 16.3. The van der Waals surface area contributed by atoms with Crippen molar-refractivity contribution in [3.8, 4) is 0 Å². The molecule has 2 atom stereocenters. The maximum absolute atomic E-state index is 12.3. The molecule has 1 heterocycles. The van der Waals surface area contributed by atoms with Gasteiger partial charge in [0.1, 0.15) is 18.7 Å². The summed E-state index contributed by atoms with van der Waals surface area (Å²) in [5.41, 5.74) is 4.62. The number of aryl methyl sites for hydroxylation is 1. The van der Waals surface area contributed by atoms with E-state index in [0.29, 0.717) is 6.04 Å². The third-order valence-corrected chi connectivity index (χ3v) is 4.84. The average molecular weight is 347 g/mol. The Hall–Kier alpha value is -3.15. The minimum atomic E-state index is -0.412. The van der Waals surface area contributed by atoms with Gasteiger partial charge in [-0.3, -0.25) is 4.79 Å². The Morgan fingerprint density at radius 1 is 1.15 bits per heavy atom. The first-order chi connectivity index (χ1) is 12.7. The molecule has 1 amide bonds. The second-order valence-corrected chi connectivity index (χ2v) is 6.55. The van der Waals surface area contributed by atoms with Crippen LogP contribution >= 0.6 is 0 Å². The van der Waals surface area contributed by atoms with Crippen molar-refractivity contribution in [2.45, 2.75) is 31.8 Å². The summed E-state index contributed by atoms with van der Waals surface area (Å²) in [5.74, 6) is -0.124. The molecule has 132 valence electrons. The molecule has 0 saturated carbocycles. The Morgan fingerprint density at radius 2 is 1.92 bits per heavy atom. The van der Waals surface area contributed by atoms with Crippen molar-refractivity contribution in [2.24, 2.45) is 0 Å². The monoisotopic (exact) mass is 347 g/mol. The summed E-state index contributed by atoms with van der Waals surface area (Å²) in [4.78, 5) is 16.2. The lowest BCUT2D eigenvalue weighted by Gasteiger charge is -2.16. The number of amides is 1. The van der Waals surface area contributed by atoms with E-state index in [-0.39, 0.29) is 5.91 Å². The van der Waals surface area contributed by atoms with Gasteiger partial charge in [0.2, 0.25) is 5.91 Å². The number of fused-ring (bicyclic) bond motifs is 1. The molecule has 1 aliphatic carbocycles. The molecule has 26 heavy (non-hydrogen) atoms. The van der Waals surface area contributed by atoms with E-state index in [0.717, 1.165) is 24.2 Å². The summed E-state index contributed by atoms with van der Waals surface area (Å²) < 4.78 is 1.53. The van der Waals surface area contributed by atoms with Crippen LogP contribution < -0.4 is 10.6 Å². The number of nitrogens with one attached hydrogen (secondary N) is 2. The largest absolute Gasteiger partial charge is 0.378 e. The van der Waals surface area contributed by atoms with Crippen LogP contribution in [0.4, 0.5) is 11.4 Å². The molecule has 0 spiro atoms. The zero-order valence-corrected chi connectivity index (χ0v) is 14.6. The van der Waals surface area contributed by atoms with Crippen molar-refractivity contribution in [3.05, 3.63) is 72.3 Å². The second kappa shape index (κ2) is 7.00. The molecule has 0 aliphatic heterocycles. The number of carbonyl (C=O) groups is 1. The predicted molar refractivity (Wildman–Crippen MR) is 101 cm³/mol. The topological polar surface area (TPSA) is 71.8 Å². The number of anilines is 2. The van der Waals surface area contributed by atoms with Gasteiger partial charge in [-0.25, -0.2) is 9.67 Å². The summed E-state index contributed by atoms with van der Waals surface area (Å²) in [6.45, 7) is 1.79. The fourth-order valence-corrected chi connectivity index (χ4v) is 3.34. The molecular weight excluding hydrogens is 326 g/mol. The summed E-state index contributed by atoms with van der Waals surface area (Å²) >= 11 is 0. The van der Waals surface area contributed by atoms with E-state index >= 15 is 0 Å². The highest BCUT2D eigenvalue weighted by atomic mass is 16.2. The van der Waals surface area contributed by atoms with Gasteiger partial charge in [0, 0.05) is 11.4 Å². The molecule has 0 radical (unpaired) electrons. The highest BCUT2D eigenvalue weighted by Crippen LogP contribution is 2.33. The van der Waals surface area contributed by atoms with Gasteiger partial charge in [0.05, 0.1) is 6.04 Å². The lowest BCUT2D eigenvalue weighted by atomic mass is 10.1. The van der Waals surface area contributed by atoms with E-state index < -0.39 is 6.04 Å². The molecule has 2 N–H and O–H groups in total. The fourth-order valence-electron chi connectivity index (χ4n) is 3.34. The zero-order valence-electron chi connectivity index (χ0n) is 14.6. The summed E-state index contributed by atoms with van der Waals surface area (Å²) in [6.07, 6.45) is 5.18. The third-order valence-electron chi connectivity index (χ3n) is 4.84. The lowest BCUT2D eigenvalue weighted by Crippen LogP contribution is -2.24. The molecule has 4 rings (SSSR count). The Labute approximate surface area is 152 Å². The first-order valence-corrected chi connectivity index (χ1v) is 8.80. The number of hydrogen-bond acceptors (Lipinski definition) is 4. The van der Waals surface area contributed by atoms with Gasteiger partial charge in [0.25, 0.3) is 0 Å². The van der Waals surface area contributed by atoms with E-state index in [2.05, 4.69) is 45.0 Å². The molecule has 0 bridgehead atoms. The number of carbonyl (C=O) groups excluding carboxylic acids is 1. The first kappa shape index (κ1) is 16.3. The molecular formula is C20H21N5O. The number of aromatic nitrogens is 3. The maximum atomic E-state index is 12.3. The number of hydrogen-bond donors (Lipinski definition) is 2. The summed E-state index contributed by atoms with van der Waals surface area (Å²) in [5, 5.41) is 10.5. The van der Waals surface area contributed by atoms with Gasteiger partial charge < -0.3 is 10.6 Å². The van der Waals surface area contributed by atoms with Gasteiger partial charge in [-0.2, -0.15) is 5.10 Å². The molecule has 1 aliphatic rings. The van der Waals surface area contributed by atoms with Crippen LogP contribution in [0.15, 0.2) is 61.2 Å². The van der Waals surface area contributed by atoms with Crippen LogP contribution in [0, 0.1) is 0 Å². The van der Waals surface area contributed by atoms with Crippen molar-refractivity contribution >= 4 is 17.3 Å². The maximum Gasteiger partial charge on any atom is 0.249 e. The van der Waals surface area contributed by atoms with E-state index in [1.54, 1.807) is 6.92 Å². The zero-order chi connectivity index (χ0) is 17.9. The molecule has 3 aromatic rings. The highest BCUT2D eigenvalue weighted by molar-refractivity contribution is 5.93. The van der Waals surface area contributed by atoms with E-state index in [9.17, 15) is 4.79 Å². The molecule has 1 aromatic heterocycles. The molecule has 0 fully saturated rings. The Kier molecular flexibility index (Phi) is 4.39. The average Bonchev–Trinajstić information content (AvgIpc) is 3.33. The van der Waals surface area contributed by atoms with Gasteiger partial charge in [0.15, 0.2) is 0 Å². The smallest absolute Gasteiger partial charge is 0.249 e. The minimum absolute atomic E-state index is 0.124. The van der Waals surface area contributed by atoms with Crippen molar-refractivity contribution in [3.63, 3.8) is 0 Å². The van der Waals surface area contributed by atoms with E-state index in [4.69, 9.17) is 0 Å². The molecule has 2 aromatic carbocycles. The molecule has 0 saturated heterocycles. The van der Waals surface area contributed by atoms with Crippen molar-refractivity contribution in [1.29, 1.82) is 0 Å². The fraction of sp³-hybridized carbons (Fsp3) is 0.250. The standard InChI is InChI=1S/C20H21N5O/c1-14(25-13-21-12-22-25)20(26)24-17-9-7-16(8-10-17)23-19-11-6-15-4-2-3-5-18(15)19/h2-5,7-10,12-14,19,23H,6,11H2,1H3,(H,24,26)/t14-,19+/m1/s1. The van der Waals surface area contributed by atoms with Gasteiger partial charge in [-0.15, -0.1) is 0 Å². The highest BCUT2D eigenvalue weighted by Gasteiger charge is 2.21. The van der Waals surface area contributed by atoms with Gasteiger partial charge in [-0.05, 0) is 55.2 Å². The molecule has 6 nitrogen and oxygen atoms in total. The van der Waals surface area contributed by atoms with E-state index in [1.807, 2.05) is 24.3 Å². The van der Waals surface area contributed by atoms with E-state index in [1.165, 1.54) is 28.5 Å². The van der Waals surface area contributed by atoms with Crippen LogP contribution in [-0.2, 0) is 11.2 Å². The van der Waals surface area contributed by atoms with Crippen LogP contribution in [0.1, 0.15) is 36.6 Å². The SMILES string of the molecule is C[C@H](C(=O)Nc1ccc(N[C@H]2CCc3ccccc32)cc1)n1cncn1. The second-order valence-electron chi connectivity index (χ2n) is 6.55. The molecule has 6 heteroatoms. The number of rotatable bonds is 5. The Balaban J connectivity index is 1.39. The molecule has 0 unspecified atom stereocenters. The van der Waals surface area contributed by atoms with Gasteiger partial charge >= 0.3 is 0 Å². The van der Waals surface area contributed by atoms with Crippen LogP contribution in [-0.4, -0.2) is 20.7 Å².